The molecule has 11 heteroatoms. The van der Waals surface area contributed by atoms with E-state index in [1.807, 2.05) is 38.2 Å². The number of benzene rings is 2. The second-order valence-electron chi connectivity index (χ2n) is 8.90. The smallest absolute Gasteiger partial charge is 0.254 e. The molecule has 0 aliphatic heterocycles. The number of hydrogen-bond donors (Lipinski definition) is 3. The van der Waals surface area contributed by atoms with Gasteiger partial charge in [-0.05, 0) is 44.4 Å². The first-order valence-corrected chi connectivity index (χ1v) is 12.2. The molecule has 3 rings (SSSR count). The van der Waals surface area contributed by atoms with Gasteiger partial charge < -0.3 is 35.2 Å². The molecule has 0 fully saturated rings. The van der Waals surface area contributed by atoms with Crippen LogP contribution in [0.1, 0.15) is 10.4 Å². The number of nitrogens with one attached hydrogen (secondary N) is 3. The highest BCUT2D eigenvalue weighted by atomic mass is 16.5. The maximum Gasteiger partial charge on any atom is 0.254 e. The van der Waals surface area contributed by atoms with Gasteiger partial charge in [-0.2, -0.15) is 0 Å². The molecule has 0 saturated heterocycles. The summed E-state index contributed by atoms with van der Waals surface area (Å²) in [7, 11) is 10.6. The minimum absolute atomic E-state index is 0.268. The highest BCUT2D eigenvalue weighted by Crippen LogP contribution is 2.38. The molecular formula is C28H35N7O4. The van der Waals surface area contributed by atoms with Gasteiger partial charge in [-0.25, -0.2) is 9.97 Å². The standard InChI is InChI=1S/C28H35N7O4/c1-8-27(36)33-21-14-22(25(39-7)16-23(21)35(5)12-11-34(3)4)32-26-15-20(30-17-31-26)18-9-10-24(38-6)19(13-18)28(37)29-2/h8-10,13-17H,1,11-12H2,2-7H3,(H,29,37)(H,33,36)(H,30,31,32). The van der Waals surface area contributed by atoms with Crippen LogP contribution < -0.4 is 30.3 Å². The lowest BCUT2D eigenvalue weighted by Crippen LogP contribution is -2.29. The zero-order valence-corrected chi connectivity index (χ0v) is 23.2. The Balaban J connectivity index is 2.00. The fourth-order valence-corrected chi connectivity index (χ4v) is 3.81. The van der Waals surface area contributed by atoms with Gasteiger partial charge in [-0.3, -0.25) is 9.59 Å². The summed E-state index contributed by atoms with van der Waals surface area (Å²) in [6.07, 6.45) is 2.65. The summed E-state index contributed by atoms with van der Waals surface area (Å²) < 4.78 is 11.0. The Morgan fingerprint density at radius 2 is 1.72 bits per heavy atom. The van der Waals surface area contributed by atoms with Crippen LogP contribution >= 0.6 is 0 Å². The summed E-state index contributed by atoms with van der Waals surface area (Å²) >= 11 is 0. The van der Waals surface area contributed by atoms with Gasteiger partial charge in [0, 0.05) is 44.9 Å². The number of likely N-dealkylation sites (N-methyl/N-ethyl adjacent to an activating group) is 2. The molecule has 2 amide bonds. The summed E-state index contributed by atoms with van der Waals surface area (Å²) in [5.41, 5.74) is 3.67. The van der Waals surface area contributed by atoms with E-state index in [-0.39, 0.29) is 11.8 Å². The zero-order valence-electron chi connectivity index (χ0n) is 23.2. The van der Waals surface area contributed by atoms with Crippen molar-refractivity contribution in [2.24, 2.45) is 0 Å². The summed E-state index contributed by atoms with van der Waals surface area (Å²) in [4.78, 5) is 37.4. The van der Waals surface area contributed by atoms with Crippen molar-refractivity contribution in [3.63, 3.8) is 0 Å². The van der Waals surface area contributed by atoms with Crippen LogP contribution in [0.15, 0.2) is 55.4 Å². The summed E-state index contributed by atoms with van der Waals surface area (Å²) in [6, 6.07) is 10.7. The van der Waals surface area contributed by atoms with Crippen LogP contribution in [-0.4, -0.2) is 82.2 Å². The number of anilines is 4. The van der Waals surface area contributed by atoms with Gasteiger partial charge in [0.1, 0.15) is 23.6 Å². The van der Waals surface area contributed by atoms with Gasteiger partial charge in [0.2, 0.25) is 5.91 Å². The normalized spacial score (nSPS) is 10.5. The van der Waals surface area contributed by atoms with Crippen molar-refractivity contribution in [2.75, 3.05) is 71.0 Å². The molecule has 0 radical (unpaired) electrons. The van der Waals surface area contributed by atoms with Crippen LogP contribution in [-0.2, 0) is 4.79 Å². The van der Waals surface area contributed by atoms with Crippen molar-refractivity contribution in [1.29, 1.82) is 0 Å². The first-order chi connectivity index (χ1) is 18.7. The lowest BCUT2D eigenvalue weighted by molar-refractivity contribution is -0.111. The Bertz CT molecular complexity index is 1340. The Morgan fingerprint density at radius 1 is 0.974 bits per heavy atom. The summed E-state index contributed by atoms with van der Waals surface area (Å²) in [5.74, 6) is 0.912. The molecule has 0 aliphatic rings. The fourth-order valence-electron chi connectivity index (χ4n) is 3.81. The molecule has 206 valence electrons. The number of rotatable bonds is 12. The van der Waals surface area contributed by atoms with E-state index >= 15 is 0 Å². The van der Waals surface area contributed by atoms with E-state index < -0.39 is 0 Å². The Morgan fingerprint density at radius 3 is 2.36 bits per heavy atom. The predicted octanol–water partition coefficient (Wildman–Crippen LogP) is 3.39. The molecule has 0 atom stereocenters. The molecule has 0 saturated carbocycles. The maximum absolute atomic E-state index is 12.3. The highest BCUT2D eigenvalue weighted by Gasteiger charge is 2.17. The minimum atomic E-state index is -0.330. The first-order valence-electron chi connectivity index (χ1n) is 12.2. The topological polar surface area (TPSA) is 121 Å². The molecule has 1 aromatic heterocycles. The molecule has 0 aliphatic carbocycles. The monoisotopic (exact) mass is 533 g/mol. The lowest BCUT2D eigenvalue weighted by atomic mass is 10.1. The van der Waals surface area contributed by atoms with E-state index in [1.54, 1.807) is 38.4 Å². The quantitative estimate of drug-likeness (QED) is 0.301. The van der Waals surface area contributed by atoms with Crippen molar-refractivity contribution >= 4 is 34.7 Å². The highest BCUT2D eigenvalue weighted by molar-refractivity contribution is 6.02. The molecule has 3 N–H and O–H groups in total. The molecular weight excluding hydrogens is 498 g/mol. The van der Waals surface area contributed by atoms with Crippen molar-refractivity contribution in [1.82, 2.24) is 20.2 Å². The SMILES string of the molecule is C=CC(=O)Nc1cc(Nc2cc(-c3ccc(OC)c(C(=O)NC)c3)ncn2)c(OC)cc1N(C)CCN(C)C. The van der Waals surface area contributed by atoms with Crippen molar-refractivity contribution < 1.29 is 19.1 Å². The van der Waals surface area contributed by atoms with E-state index in [9.17, 15) is 9.59 Å². The summed E-state index contributed by atoms with van der Waals surface area (Å²) in [6.45, 7) is 5.12. The number of carbonyl (C=O) groups is 2. The average Bonchev–Trinajstić information content (AvgIpc) is 2.95. The number of methoxy groups -OCH3 is 2. The maximum atomic E-state index is 12.3. The minimum Gasteiger partial charge on any atom is -0.496 e. The van der Waals surface area contributed by atoms with Crippen LogP contribution in [0.25, 0.3) is 11.3 Å². The number of nitrogens with zero attached hydrogens (tertiary/aromatic N) is 4. The predicted molar refractivity (Wildman–Crippen MR) is 154 cm³/mol. The van der Waals surface area contributed by atoms with Crippen LogP contribution in [0, 0.1) is 0 Å². The number of aromatic nitrogens is 2. The molecule has 0 unspecified atom stereocenters. The van der Waals surface area contributed by atoms with E-state index in [4.69, 9.17) is 9.47 Å². The third kappa shape index (κ3) is 7.23. The molecule has 0 spiro atoms. The fraction of sp³-hybridized carbons (Fsp3) is 0.286. The van der Waals surface area contributed by atoms with Crippen LogP contribution in [0.2, 0.25) is 0 Å². The van der Waals surface area contributed by atoms with Crippen molar-refractivity contribution in [2.45, 2.75) is 0 Å². The number of carbonyl (C=O) groups excluding carboxylic acids is 2. The third-order valence-corrected chi connectivity index (χ3v) is 5.95. The van der Waals surface area contributed by atoms with Gasteiger partial charge in [0.05, 0.1) is 42.5 Å². The largest absolute Gasteiger partial charge is 0.496 e. The van der Waals surface area contributed by atoms with Crippen LogP contribution in [0.5, 0.6) is 11.5 Å². The van der Waals surface area contributed by atoms with Gasteiger partial charge in [-0.15, -0.1) is 0 Å². The molecule has 0 bridgehead atoms. The molecule has 1 heterocycles. The number of ether oxygens (including phenoxy) is 2. The summed E-state index contributed by atoms with van der Waals surface area (Å²) in [5, 5.41) is 8.78. The lowest BCUT2D eigenvalue weighted by Gasteiger charge is -2.26. The number of hydrogen-bond acceptors (Lipinski definition) is 9. The second kappa shape index (κ2) is 13.2. The van der Waals surface area contributed by atoms with Crippen molar-refractivity contribution in [3.05, 3.63) is 60.9 Å². The van der Waals surface area contributed by atoms with Gasteiger partial charge in [0.25, 0.3) is 5.91 Å². The Kier molecular flexibility index (Phi) is 9.82. The molecule has 11 nitrogen and oxygen atoms in total. The van der Waals surface area contributed by atoms with Crippen molar-refractivity contribution in [3.8, 4) is 22.8 Å². The Labute approximate surface area is 228 Å². The molecule has 2 aromatic carbocycles. The average molecular weight is 534 g/mol. The van der Waals surface area contributed by atoms with Gasteiger partial charge in [0.15, 0.2) is 0 Å². The molecule has 39 heavy (non-hydrogen) atoms. The zero-order chi connectivity index (χ0) is 28.5. The Hall–Kier alpha value is -4.64. The second-order valence-corrected chi connectivity index (χ2v) is 8.90. The van der Waals surface area contributed by atoms with Crippen LogP contribution in [0.4, 0.5) is 22.9 Å². The van der Waals surface area contributed by atoms with E-state index in [0.29, 0.717) is 45.5 Å². The third-order valence-electron chi connectivity index (χ3n) is 5.95. The first kappa shape index (κ1) is 28.9. The van der Waals surface area contributed by atoms with Gasteiger partial charge >= 0.3 is 0 Å². The van der Waals surface area contributed by atoms with E-state index in [0.717, 1.165) is 18.8 Å². The molecule has 3 aromatic rings. The number of amides is 2. The van der Waals surface area contributed by atoms with Gasteiger partial charge in [-0.1, -0.05) is 6.58 Å². The van der Waals surface area contributed by atoms with E-state index in [1.165, 1.54) is 19.5 Å². The van der Waals surface area contributed by atoms with E-state index in [2.05, 4.69) is 37.4 Å². The van der Waals surface area contributed by atoms with Crippen LogP contribution in [0.3, 0.4) is 0 Å².